The molecule has 0 unspecified atom stereocenters. The number of amides is 2. The van der Waals surface area contributed by atoms with E-state index >= 15 is 0 Å². The largest absolute Gasteiger partial charge is 0.385 e. The Morgan fingerprint density at radius 2 is 2.29 bits per heavy atom. The molecular formula is C11H14ClFN2O2. The highest BCUT2D eigenvalue weighted by atomic mass is 35.5. The lowest BCUT2D eigenvalue weighted by Crippen LogP contribution is -2.30. The van der Waals surface area contributed by atoms with Crippen LogP contribution in [0.25, 0.3) is 0 Å². The number of nitrogens with one attached hydrogen (secondary N) is 2. The molecule has 17 heavy (non-hydrogen) atoms. The number of halogens is 2. The molecule has 2 amide bonds. The molecule has 1 rings (SSSR count). The van der Waals surface area contributed by atoms with Crippen LogP contribution in [0.5, 0.6) is 0 Å². The molecule has 1 aromatic rings. The number of urea groups is 1. The highest BCUT2D eigenvalue weighted by molar-refractivity contribution is 6.30. The third-order valence-corrected chi connectivity index (χ3v) is 2.22. The molecule has 94 valence electrons. The van der Waals surface area contributed by atoms with Crippen LogP contribution in [-0.2, 0) is 4.74 Å². The van der Waals surface area contributed by atoms with E-state index < -0.39 is 11.8 Å². The van der Waals surface area contributed by atoms with Crippen molar-refractivity contribution in [2.45, 2.75) is 6.42 Å². The van der Waals surface area contributed by atoms with Crippen LogP contribution in [0.1, 0.15) is 6.42 Å². The van der Waals surface area contributed by atoms with Crippen molar-refractivity contribution in [2.24, 2.45) is 0 Å². The summed E-state index contributed by atoms with van der Waals surface area (Å²) in [5.74, 6) is -0.526. The zero-order valence-corrected chi connectivity index (χ0v) is 10.2. The summed E-state index contributed by atoms with van der Waals surface area (Å²) in [4.78, 5) is 11.4. The van der Waals surface area contributed by atoms with Crippen LogP contribution in [-0.4, -0.2) is 26.3 Å². The molecule has 0 saturated carbocycles. The zero-order chi connectivity index (χ0) is 12.7. The average molecular weight is 261 g/mol. The first-order valence-corrected chi connectivity index (χ1v) is 5.50. The van der Waals surface area contributed by atoms with E-state index in [1.807, 2.05) is 0 Å². The van der Waals surface area contributed by atoms with Crippen molar-refractivity contribution in [2.75, 3.05) is 25.6 Å². The highest BCUT2D eigenvalue weighted by Crippen LogP contribution is 2.19. The van der Waals surface area contributed by atoms with Gasteiger partial charge in [-0.05, 0) is 24.6 Å². The molecule has 0 aliphatic heterocycles. The van der Waals surface area contributed by atoms with Crippen LogP contribution in [0.2, 0.25) is 5.02 Å². The maximum Gasteiger partial charge on any atom is 0.319 e. The molecular weight excluding hydrogens is 247 g/mol. The van der Waals surface area contributed by atoms with E-state index in [1.165, 1.54) is 18.2 Å². The second kappa shape index (κ2) is 7.09. The van der Waals surface area contributed by atoms with E-state index in [9.17, 15) is 9.18 Å². The Hall–Kier alpha value is -1.33. The van der Waals surface area contributed by atoms with Gasteiger partial charge in [0.25, 0.3) is 0 Å². The maximum absolute atomic E-state index is 13.3. The Morgan fingerprint density at radius 3 is 3.00 bits per heavy atom. The Morgan fingerprint density at radius 1 is 1.53 bits per heavy atom. The van der Waals surface area contributed by atoms with Crippen LogP contribution in [0.15, 0.2) is 18.2 Å². The molecule has 0 spiro atoms. The van der Waals surface area contributed by atoms with E-state index in [-0.39, 0.29) is 5.69 Å². The van der Waals surface area contributed by atoms with Gasteiger partial charge >= 0.3 is 6.03 Å². The molecule has 6 heteroatoms. The topological polar surface area (TPSA) is 50.4 Å². The van der Waals surface area contributed by atoms with Gasteiger partial charge in [0.15, 0.2) is 0 Å². The highest BCUT2D eigenvalue weighted by Gasteiger charge is 2.06. The minimum atomic E-state index is -0.526. The van der Waals surface area contributed by atoms with Gasteiger partial charge in [-0.1, -0.05) is 11.6 Å². The predicted molar refractivity (Wildman–Crippen MR) is 64.9 cm³/mol. The average Bonchev–Trinajstić information content (AvgIpc) is 2.29. The fraction of sp³-hybridized carbons (Fsp3) is 0.364. The molecule has 1 aromatic carbocycles. The number of rotatable bonds is 5. The van der Waals surface area contributed by atoms with Crippen LogP contribution in [0.3, 0.4) is 0 Å². The van der Waals surface area contributed by atoms with Crippen molar-refractivity contribution in [1.82, 2.24) is 5.32 Å². The van der Waals surface area contributed by atoms with Gasteiger partial charge in [0.05, 0.1) is 5.69 Å². The van der Waals surface area contributed by atoms with Crippen molar-refractivity contribution in [1.29, 1.82) is 0 Å². The maximum atomic E-state index is 13.3. The normalized spacial score (nSPS) is 10.1. The summed E-state index contributed by atoms with van der Waals surface area (Å²) in [6, 6.07) is 3.50. The second-order valence-electron chi connectivity index (χ2n) is 3.35. The van der Waals surface area contributed by atoms with Gasteiger partial charge in [0.2, 0.25) is 0 Å². The van der Waals surface area contributed by atoms with Gasteiger partial charge < -0.3 is 15.4 Å². The van der Waals surface area contributed by atoms with E-state index in [4.69, 9.17) is 16.3 Å². The lowest BCUT2D eigenvalue weighted by atomic mass is 10.3. The van der Waals surface area contributed by atoms with Crippen molar-refractivity contribution in [3.63, 3.8) is 0 Å². The van der Waals surface area contributed by atoms with Crippen molar-refractivity contribution >= 4 is 23.3 Å². The number of hydrogen-bond donors (Lipinski definition) is 2. The van der Waals surface area contributed by atoms with E-state index in [0.717, 1.165) is 0 Å². The molecule has 2 N–H and O–H groups in total. The van der Waals surface area contributed by atoms with Gasteiger partial charge in [-0.2, -0.15) is 0 Å². The molecule has 0 aliphatic rings. The Labute approximate surface area is 104 Å². The molecule has 0 saturated heterocycles. The first-order chi connectivity index (χ1) is 8.13. The summed E-state index contributed by atoms with van der Waals surface area (Å²) in [5, 5.41) is 5.31. The summed E-state index contributed by atoms with van der Waals surface area (Å²) < 4.78 is 18.1. The number of carbonyl (C=O) groups excluding carboxylic acids is 1. The number of hydrogen-bond acceptors (Lipinski definition) is 2. The summed E-state index contributed by atoms with van der Waals surface area (Å²) in [7, 11) is 1.58. The van der Waals surface area contributed by atoms with Gasteiger partial charge in [-0.15, -0.1) is 0 Å². The molecule has 0 aromatic heterocycles. The van der Waals surface area contributed by atoms with Crippen LogP contribution in [0.4, 0.5) is 14.9 Å². The number of benzene rings is 1. The summed E-state index contributed by atoms with van der Waals surface area (Å²) in [6.45, 7) is 1.02. The molecule has 0 heterocycles. The van der Waals surface area contributed by atoms with Gasteiger partial charge in [0, 0.05) is 25.3 Å². The van der Waals surface area contributed by atoms with Crippen molar-refractivity contribution in [3.05, 3.63) is 29.0 Å². The number of carbonyl (C=O) groups is 1. The lowest BCUT2D eigenvalue weighted by Gasteiger charge is -2.08. The van der Waals surface area contributed by atoms with Gasteiger partial charge in [-0.3, -0.25) is 0 Å². The van der Waals surface area contributed by atoms with Crippen molar-refractivity contribution in [3.8, 4) is 0 Å². The Balaban J connectivity index is 2.42. The summed E-state index contributed by atoms with van der Waals surface area (Å²) in [6.07, 6.45) is 0.696. The Bertz CT molecular complexity index is 388. The van der Waals surface area contributed by atoms with Gasteiger partial charge in [0.1, 0.15) is 5.82 Å². The molecule has 0 fully saturated rings. The number of anilines is 1. The van der Waals surface area contributed by atoms with Gasteiger partial charge in [-0.25, -0.2) is 9.18 Å². The number of ether oxygens (including phenoxy) is 1. The summed E-state index contributed by atoms with van der Waals surface area (Å²) >= 11 is 5.69. The van der Waals surface area contributed by atoms with E-state index in [0.29, 0.717) is 24.6 Å². The fourth-order valence-corrected chi connectivity index (χ4v) is 1.35. The molecule has 4 nitrogen and oxygen atoms in total. The second-order valence-corrected chi connectivity index (χ2v) is 3.79. The smallest absolute Gasteiger partial charge is 0.319 e. The molecule has 0 atom stereocenters. The summed E-state index contributed by atoms with van der Waals surface area (Å²) in [5.41, 5.74) is 0.0572. The standard InChI is InChI=1S/C11H14ClFN2O2/c1-17-6-2-5-14-11(16)15-10-7-8(12)3-4-9(10)13/h3-4,7H,2,5-6H2,1H3,(H2,14,15,16). The minimum absolute atomic E-state index is 0.0572. The SMILES string of the molecule is COCCCNC(=O)Nc1cc(Cl)ccc1F. The quantitative estimate of drug-likeness (QED) is 0.800. The monoisotopic (exact) mass is 260 g/mol. The van der Waals surface area contributed by atoms with E-state index in [2.05, 4.69) is 10.6 Å². The zero-order valence-electron chi connectivity index (χ0n) is 9.43. The van der Waals surface area contributed by atoms with Crippen LogP contribution < -0.4 is 10.6 Å². The predicted octanol–water partition coefficient (Wildman–Crippen LogP) is 2.64. The van der Waals surface area contributed by atoms with Crippen LogP contribution >= 0.6 is 11.6 Å². The fourth-order valence-electron chi connectivity index (χ4n) is 1.18. The molecule has 0 bridgehead atoms. The van der Waals surface area contributed by atoms with Crippen LogP contribution in [0, 0.1) is 5.82 Å². The first-order valence-electron chi connectivity index (χ1n) is 5.12. The molecule has 0 aliphatic carbocycles. The third kappa shape index (κ3) is 5.01. The minimum Gasteiger partial charge on any atom is -0.385 e. The van der Waals surface area contributed by atoms with E-state index in [1.54, 1.807) is 7.11 Å². The Kier molecular flexibility index (Phi) is 5.72. The lowest BCUT2D eigenvalue weighted by molar-refractivity contribution is 0.194. The molecule has 0 radical (unpaired) electrons. The van der Waals surface area contributed by atoms with Crippen molar-refractivity contribution < 1.29 is 13.9 Å². The number of methoxy groups -OCH3 is 1. The first kappa shape index (κ1) is 13.7. The third-order valence-electron chi connectivity index (χ3n) is 1.99.